The highest BCUT2D eigenvalue weighted by Crippen LogP contribution is 2.10. The van der Waals surface area contributed by atoms with Crippen molar-refractivity contribution >= 4 is 15.8 Å². The van der Waals surface area contributed by atoms with Crippen LogP contribution in [0.2, 0.25) is 0 Å². The lowest BCUT2D eigenvalue weighted by Crippen LogP contribution is -2.25. The molecule has 0 aliphatic rings. The van der Waals surface area contributed by atoms with Gasteiger partial charge in [0.15, 0.2) is 5.78 Å². The molecule has 7 heteroatoms. The summed E-state index contributed by atoms with van der Waals surface area (Å²) in [6, 6.07) is 5.59. The molecule has 0 heterocycles. The molecule has 0 atom stereocenters. The minimum absolute atomic E-state index is 0.0323. The molecule has 0 saturated carbocycles. The first-order valence-electron chi connectivity index (χ1n) is 5.21. The van der Waals surface area contributed by atoms with E-state index in [0.717, 1.165) is 0 Å². The number of benzene rings is 1. The van der Waals surface area contributed by atoms with Gasteiger partial charge in [0, 0.05) is 12.7 Å². The van der Waals surface area contributed by atoms with Gasteiger partial charge in [0.25, 0.3) is 10.0 Å². The summed E-state index contributed by atoms with van der Waals surface area (Å²) in [5.74, 6) is -0.122. The van der Waals surface area contributed by atoms with Crippen molar-refractivity contribution in [3.05, 3.63) is 29.8 Å². The van der Waals surface area contributed by atoms with Gasteiger partial charge in [-0.25, -0.2) is 8.42 Å². The maximum atomic E-state index is 11.7. The molecule has 18 heavy (non-hydrogen) atoms. The highest BCUT2D eigenvalue weighted by Gasteiger charge is 2.14. The predicted molar refractivity (Wildman–Crippen MR) is 64.6 cm³/mol. The third-order valence-electron chi connectivity index (χ3n) is 2.13. The van der Waals surface area contributed by atoms with Gasteiger partial charge in [-0.05, 0) is 19.1 Å². The Bertz CT molecular complexity index is 495. The summed E-state index contributed by atoms with van der Waals surface area (Å²) in [4.78, 5) is 17.8. The van der Waals surface area contributed by atoms with E-state index in [9.17, 15) is 13.2 Å². The molecule has 0 amide bonds. The van der Waals surface area contributed by atoms with E-state index in [4.69, 9.17) is 9.57 Å². The quantitative estimate of drug-likeness (QED) is 0.450. The summed E-state index contributed by atoms with van der Waals surface area (Å²) >= 11 is 0. The largest absolute Gasteiger partial charge is 0.382 e. The van der Waals surface area contributed by atoms with Gasteiger partial charge in [-0.2, -0.15) is 0 Å². The van der Waals surface area contributed by atoms with E-state index in [1.54, 1.807) is 0 Å². The number of ketones is 1. The number of methoxy groups -OCH3 is 1. The van der Waals surface area contributed by atoms with Crippen molar-refractivity contribution < 1.29 is 22.8 Å². The van der Waals surface area contributed by atoms with E-state index in [0.29, 0.717) is 5.56 Å². The Morgan fingerprint density at radius 3 is 2.33 bits per heavy atom. The molecule has 1 aromatic rings. The average Bonchev–Trinajstić information content (AvgIpc) is 2.35. The molecule has 0 aliphatic carbocycles. The molecular weight excluding hydrogens is 258 g/mol. The SMILES string of the molecule is COCCONS(=O)(=O)c1ccc(C(C)=O)cc1. The molecular formula is C11H15NO5S. The van der Waals surface area contributed by atoms with Crippen LogP contribution in [0.1, 0.15) is 17.3 Å². The maximum Gasteiger partial charge on any atom is 0.262 e. The van der Waals surface area contributed by atoms with Crippen LogP contribution in [0.4, 0.5) is 0 Å². The summed E-state index contributed by atoms with van der Waals surface area (Å²) in [6.45, 7) is 1.81. The van der Waals surface area contributed by atoms with E-state index in [1.165, 1.54) is 38.3 Å². The van der Waals surface area contributed by atoms with Crippen molar-refractivity contribution in [1.82, 2.24) is 4.89 Å². The van der Waals surface area contributed by atoms with Crippen LogP contribution >= 0.6 is 0 Å². The highest BCUT2D eigenvalue weighted by atomic mass is 32.2. The topological polar surface area (TPSA) is 81.7 Å². The fourth-order valence-electron chi connectivity index (χ4n) is 1.16. The van der Waals surface area contributed by atoms with Crippen molar-refractivity contribution in [3.8, 4) is 0 Å². The number of ether oxygens (including phenoxy) is 1. The second-order valence-corrected chi connectivity index (χ2v) is 5.15. The number of rotatable bonds is 7. The molecule has 6 nitrogen and oxygen atoms in total. The number of nitrogens with one attached hydrogen (secondary N) is 1. The molecule has 0 aromatic heterocycles. The van der Waals surface area contributed by atoms with Crippen molar-refractivity contribution in [2.24, 2.45) is 0 Å². The Hall–Kier alpha value is -1.28. The first-order valence-corrected chi connectivity index (χ1v) is 6.69. The lowest BCUT2D eigenvalue weighted by molar-refractivity contribution is 0.0438. The lowest BCUT2D eigenvalue weighted by Gasteiger charge is -2.07. The molecule has 0 bridgehead atoms. The lowest BCUT2D eigenvalue weighted by atomic mass is 10.2. The number of sulfonamides is 1. The molecule has 100 valence electrons. The van der Waals surface area contributed by atoms with E-state index in [1.807, 2.05) is 4.89 Å². The first kappa shape index (κ1) is 14.8. The number of Topliss-reactive ketones (excluding diaryl/α,β-unsaturated/α-hetero) is 1. The molecule has 1 aromatic carbocycles. The van der Waals surface area contributed by atoms with Crippen LogP contribution < -0.4 is 4.89 Å². The molecule has 1 rings (SSSR count). The fraction of sp³-hybridized carbons (Fsp3) is 0.364. The number of hydrogen-bond acceptors (Lipinski definition) is 5. The Morgan fingerprint density at radius 1 is 1.22 bits per heavy atom. The molecule has 0 spiro atoms. The second kappa shape index (κ2) is 6.60. The first-order chi connectivity index (χ1) is 8.47. The van der Waals surface area contributed by atoms with Crippen molar-refractivity contribution in [1.29, 1.82) is 0 Å². The van der Waals surface area contributed by atoms with Crippen LogP contribution in [0, 0.1) is 0 Å². The molecule has 0 radical (unpaired) electrons. The van der Waals surface area contributed by atoms with Crippen LogP contribution in [0.3, 0.4) is 0 Å². The fourth-order valence-corrected chi connectivity index (χ4v) is 1.99. The summed E-state index contributed by atoms with van der Waals surface area (Å²) in [5, 5.41) is 0. The Morgan fingerprint density at radius 2 is 1.83 bits per heavy atom. The summed E-state index contributed by atoms with van der Waals surface area (Å²) in [7, 11) is -2.24. The van der Waals surface area contributed by atoms with Gasteiger partial charge in [0.2, 0.25) is 0 Å². The van der Waals surface area contributed by atoms with Crippen molar-refractivity contribution in [3.63, 3.8) is 0 Å². The standard InChI is InChI=1S/C11H15NO5S/c1-9(13)10-3-5-11(6-4-10)18(14,15)12-17-8-7-16-2/h3-6,12H,7-8H2,1-2H3. The van der Waals surface area contributed by atoms with E-state index in [2.05, 4.69) is 0 Å². The zero-order valence-corrected chi connectivity index (χ0v) is 11.0. The highest BCUT2D eigenvalue weighted by molar-refractivity contribution is 7.89. The normalized spacial score (nSPS) is 11.4. The summed E-state index contributed by atoms with van der Waals surface area (Å²) < 4.78 is 28.1. The van der Waals surface area contributed by atoms with Crippen LogP contribution in [0.15, 0.2) is 29.2 Å². The smallest absolute Gasteiger partial charge is 0.262 e. The van der Waals surface area contributed by atoms with E-state index >= 15 is 0 Å². The van der Waals surface area contributed by atoms with E-state index in [-0.39, 0.29) is 23.9 Å². The van der Waals surface area contributed by atoms with Gasteiger partial charge in [-0.15, -0.1) is 0 Å². The Labute approximate surface area is 106 Å². The van der Waals surface area contributed by atoms with Crippen LogP contribution in [0.25, 0.3) is 0 Å². The third-order valence-corrected chi connectivity index (χ3v) is 3.36. The Balaban J connectivity index is 2.70. The third kappa shape index (κ3) is 4.19. The summed E-state index contributed by atoms with van der Waals surface area (Å²) in [6.07, 6.45) is 0. The Kier molecular flexibility index (Phi) is 5.42. The average molecular weight is 273 g/mol. The second-order valence-electron chi connectivity index (χ2n) is 3.51. The van der Waals surface area contributed by atoms with Gasteiger partial charge in [0.1, 0.15) is 0 Å². The number of carbonyl (C=O) groups excluding carboxylic acids is 1. The maximum absolute atomic E-state index is 11.7. The number of hydrogen-bond donors (Lipinski definition) is 1. The number of carbonyl (C=O) groups is 1. The molecule has 1 N–H and O–H groups in total. The molecule has 0 unspecified atom stereocenters. The van der Waals surface area contributed by atoms with Gasteiger partial charge in [0.05, 0.1) is 18.1 Å². The molecule has 0 saturated heterocycles. The zero-order valence-electron chi connectivity index (χ0n) is 10.2. The van der Waals surface area contributed by atoms with Crippen molar-refractivity contribution in [2.45, 2.75) is 11.8 Å². The van der Waals surface area contributed by atoms with Gasteiger partial charge >= 0.3 is 0 Å². The zero-order chi connectivity index (χ0) is 13.6. The van der Waals surface area contributed by atoms with E-state index < -0.39 is 10.0 Å². The predicted octanol–water partition coefficient (Wildman–Crippen LogP) is 0.745. The van der Waals surface area contributed by atoms with Gasteiger partial charge < -0.3 is 4.74 Å². The van der Waals surface area contributed by atoms with Gasteiger partial charge in [-0.1, -0.05) is 17.0 Å². The monoisotopic (exact) mass is 273 g/mol. The van der Waals surface area contributed by atoms with Gasteiger partial charge in [-0.3, -0.25) is 9.63 Å². The van der Waals surface area contributed by atoms with Crippen LogP contribution in [-0.4, -0.2) is 34.5 Å². The molecule has 0 aliphatic heterocycles. The minimum atomic E-state index is -3.72. The van der Waals surface area contributed by atoms with Crippen LogP contribution in [-0.2, 0) is 19.6 Å². The van der Waals surface area contributed by atoms with Crippen molar-refractivity contribution in [2.75, 3.05) is 20.3 Å². The minimum Gasteiger partial charge on any atom is -0.382 e. The molecule has 0 fully saturated rings. The summed E-state index contributed by atoms with van der Waals surface area (Å²) in [5.41, 5.74) is 0.453. The van der Waals surface area contributed by atoms with Crippen LogP contribution in [0.5, 0.6) is 0 Å².